The lowest BCUT2D eigenvalue weighted by atomic mass is 10.1. The zero-order chi connectivity index (χ0) is 13.8. The van der Waals surface area contributed by atoms with Crippen LogP contribution in [0.1, 0.15) is 11.1 Å². The van der Waals surface area contributed by atoms with E-state index in [2.05, 4.69) is 9.97 Å². The van der Waals surface area contributed by atoms with Gasteiger partial charge in [-0.15, -0.1) is 0 Å². The van der Waals surface area contributed by atoms with Crippen LogP contribution in [0.4, 0.5) is 11.5 Å². The van der Waals surface area contributed by atoms with Gasteiger partial charge in [0.2, 0.25) is 5.88 Å². The number of hydrogen-bond donors (Lipinski definition) is 1. The SMILES string of the molecule is COc1ncnc(N(C)c2ccccc2CN)c1C. The van der Waals surface area contributed by atoms with Crippen molar-refractivity contribution < 1.29 is 4.74 Å². The number of nitrogens with two attached hydrogens (primary N) is 1. The number of benzene rings is 1. The molecule has 100 valence electrons. The Labute approximate surface area is 113 Å². The summed E-state index contributed by atoms with van der Waals surface area (Å²) in [6, 6.07) is 8.00. The molecule has 1 aromatic carbocycles. The second-order valence-electron chi connectivity index (χ2n) is 4.22. The van der Waals surface area contributed by atoms with Crippen molar-refractivity contribution in [2.24, 2.45) is 5.73 Å². The van der Waals surface area contributed by atoms with Crippen molar-refractivity contribution in [1.29, 1.82) is 0 Å². The van der Waals surface area contributed by atoms with Crippen LogP contribution in [-0.4, -0.2) is 24.1 Å². The van der Waals surface area contributed by atoms with Gasteiger partial charge in [0.15, 0.2) is 0 Å². The summed E-state index contributed by atoms with van der Waals surface area (Å²) in [7, 11) is 3.57. The summed E-state index contributed by atoms with van der Waals surface area (Å²) in [5.41, 5.74) is 8.79. The third kappa shape index (κ3) is 2.51. The van der Waals surface area contributed by atoms with Gasteiger partial charge >= 0.3 is 0 Å². The number of anilines is 2. The third-order valence-electron chi connectivity index (χ3n) is 3.10. The molecule has 1 heterocycles. The normalized spacial score (nSPS) is 10.3. The summed E-state index contributed by atoms with van der Waals surface area (Å²) >= 11 is 0. The van der Waals surface area contributed by atoms with Crippen molar-refractivity contribution in [3.63, 3.8) is 0 Å². The van der Waals surface area contributed by atoms with Gasteiger partial charge in [-0.25, -0.2) is 9.97 Å². The van der Waals surface area contributed by atoms with Crippen LogP contribution in [0.15, 0.2) is 30.6 Å². The predicted octanol–water partition coefficient (Wildman–Crippen LogP) is 2.02. The Morgan fingerprint density at radius 3 is 2.68 bits per heavy atom. The van der Waals surface area contributed by atoms with Crippen LogP contribution in [0, 0.1) is 6.92 Å². The molecule has 0 aliphatic carbocycles. The number of ether oxygens (including phenoxy) is 1. The molecule has 5 nitrogen and oxygen atoms in total. The number of rotatable bonds is 4. The molecule has 0 fully saturated rings. The molecular formula is C14H18N4O. The highest BCUT2D eigenvalue weighted by Gasteiger charge is 2.14. The van der Waals surface area contributed by atoms with Crippen LogP contribution in [0.2, 0.25) is 0 Å². The maximum Gasteiger partial charge on any atom is 0.221 e. The molecule has 0 unspecified atom stereocenters. The van der Waals surface area contributed by atoms with Crippen LogP contribution in [0.5, 0.6) is 5.88 Å². The molecule has 0 aliphatic heterocycles. The quantitative estimate of drug-likeness (QED) is 0.909. The summed E-state index contributed by atoms with van der Waals surface area (Å²) in [6.45, 7) is 2.43. The van der Waals surface area contributed by atoms with Gasteiger partial charge in [-0.05, 0) is 18.6 Å². The maximum atomic E-state index is 5.78. The number of methoxy groups -OCH3 is 1. The highest BCUT2D eigenvalue weighted by atomic mass is 16.5. The Hall–Kier alpha value is -2.14. The molecule has 2 aromatic rings. The van der Waals surface area contributed by atoms with Gasteiger partial charge in [0.1, 0.15) is 12.1 Å². The smallest absolute Gasteiger partial charge is 0.221 e. The third-order valence-corrected chi connectivity index (χ3v) is 3.10. The minimum atomic E-state index is 0.488. The molecule has 0 bridgehead atoms. The largest absolute Gasteiger partial charge is 0.481 e. The lowest BCUT2D eigenvalue weighted by Gasteiger charge is -2.23. The molecule has 0 amide bonds. The van der Waals surface area contributed by atoms with Gasteiger partial charge in [0.05, 0.1) is 12.7 Å². The molecule has 0 spiro atoms. The minimum absolute atomic E-state index is 0.488. The highest BCUT2D eigenvalue weighted by Crippen LogP contribution is 2.30. The van der Waals surface area contributed by atoms with Crippen LogP contribution >= 0.6 is 0 Å². The minimum Gasteiger partial charge on any atom is -0.481 e. The summed E-state index contributed by atoms with van der Waals surface area (Å²) in [5, 5.41) is 0. The standard InChI is InChI=1S/C14H18N4O/c1-10-13(16-9-17-14(10)19-3)18(2)12-7-5-4-6-11(12)8-15/h4-7,9H,8,15H2,1-3H3. The molecule has 0 aliphatic rings. The molecule has 0 saturated carbocycles. The summed E-state index contributed by atoms with van der Waals surface area (Å²) in [6.07, 6.45) is 1.50. The molecule has 0 atom stereocenters. The van der Waals surface area contributed by atoms with Gasteiger partial charge < -0.3 is 15.4 Å². The predicted molar refractivity (Wildman–Crippen MR) is 75.7 cm³/mol. The maximum absolute atomic E-state index is 5.78. The van der Waals surface area contributed by atoms with Crippen LogP contribution < -0.4 is 15.4 Å². The first kappa shape index (κ1) is 13.3. The first-order chi connectivity index (χ1) is 9.19. The zero-order valence-electron chi connectivity index (χ0n) is 11.4. The fourth-order valence-electron chi connectivity index (χ4n) is 2.09. The van der Waals surface area contributed by atoms with Gasteiger partial charge in [0, 0.05) is 19.3 Å². The van der Waals surface area contributed by atoms with Crippen LogP contribution in [0.3, 0.4) is 0 Å². The van der Waals surface area contributed by atoms with E-state index in [0.29, 0.717) is 12.4 Å². The zero-order valence-corrected chi connectivity index (χ0v) is 11.4. The fraction of sp³-hybridized carbons (Fsp3) is 0.286. The van der Waals surface area contributed by atoms with Gasteiger partial charge in [0.25, 0.3) is 0 Å². The van der Waals surface area contributed by atoms with E-state index in [-0.39, 0.29) is 0 Å². The van der Waals surface area contributed by atoms with E-state index >= 15 is 0 Å². The molecule has 1 aromatic heterocycles. The second-order valence-corrected chi connectivity index (χ2v) is 4.22. The lowest BCUT2D eigenvalue weighted by molar-refractivity contribution is 0.393. The van der Waals surface area contributed by atoms with Gasteiger partial charge in [-0.3, -0.25) is 0 Å². The van der Waals surface area contributed by atoms with Crippen molar-refractivity contribution in [1.82, 2.24) is 9.97 Å². The highest BCUT2D eigenvalue weighted by molar-refractivity contribution is 5.66. The average molecular weight is 258 g/mol. The molecule has 0 radical (unpaired) electrons. The number of nitrogens with zero attached hydrogens (tertiary/aromatic N) is 3. The van der Waals surface area contributed by atoms with E-state index in [0.717, 1.165) is 22.6 Å². The lowest BCUT2D eigenvalue weighted by Crippen LogP contribution is -2.16. The Bertz CT molecular complexity index is 571. The van der Waals surface area contributed by atoms with Crippen molar-refractivity contribution in [3.05, 3.63) is 41.7 Å². The Morgan fingerprint density at radius 1 is 1.26 bits per heavy atom. The van der Waals surface area contributed by atoms with Crippen LogP contribution in [-0.2, 0) is 6.54 Å². The summed E-state index contributed by atoms with van der Waals surface area (Å²) in [5.74, 6) is 1.40. The summed E-state index contributed by atoms with van der Waals surface area (Å²) < 4.78 is 5.23. The Morgan fingerprint density at radius 2 is 2.00 bits per heavy atom. The van der Waals surface area contributed by atoms with Crippen molar-refractivity contribution >= 4 is 11.5 Å². The van der Waals surface area contributed by atoms with E-state index in [9.17, 15) is 0 Å². The van der Waals surface area contributed by atoms with E-state index in [4.69, 9.17) is 10.5 Å². The number of hydrogen-bond acceptors (Lipinski definition) is 5. The van der Waals surface area contributed by atoms with E-state index in [1.165, 1.54) is 6.33 Å². The van der Waals surface area contributed by atoms with Crippen LogP contribution in [0.25, 0.3) is 0 Å². The number of para-hydroxylation sites is 1. The monoisotopic (exact) mass is 258 g/mol. The van der Waals surface area contributed by atoms with E-state index in [1.807, 2.05) is 43.1 Å². The average Bonchev–Trinajstić information content (AvgIpc) is 2.46. The topological polar surface area (TPSA) is 64.3 Å². The van der Waals surface area contributed by atoms with E-state index < -0.39 is 0 Å². The molecule has 0 saturated heterocycles. The van der Waals surface area contributed by atoms with Crippen molar-refractivity contribution in [2.45, 2.75) is 13.5 Å². The molecule has 19 heavy (non-hydrogen) atoms. The summed E-state index contributed by atoms with van der Waals surface area (Å²) in [4.78, 5) is 10.4. The molecule has 2 rings (SSSR count). The number of aromatic nitrogens is 2. The first-order valence-electron chi connectivity index (χ1n) is 6.06. The molecule has 5 heteroatoms. The van der Waals surface area contributed by atoms with E-state index in [1.54, 1.807) is 7.11 Å². The Kier molecular flexibility index (Phi) is 3.97. The second kappa shape index (κ2) is 5.67. The van der Waals surface area contributed by atoms with Gasteiger partial charge in [-0.1, -0.05) is 18.2 Å². The van der Waals surface area contributed by atoms with Crippen molar-refractivity contribution in [2.75, 3.05) is 19.1 Å². The molecule has 2 N–H and O–H groups in total. The van der Waals surface area contributed by atoms with Crippen molar-refractivity contribution in [3.8, 4) is 5.88 Å². The first-order valence-corrected chi connectivity index (χ1v) is 6.06. The van der Waals surface area contributed by atoms with Gasteiger partial charge in [-0.2, -0.15) is 0 Å². The fourth-order valence-corrected chi connectivity index (χ4v) is 2.09. The molecular weight excluding hydrogens is 240 g/mol. The Balaban J connectivity index is 2.47.